The van der Waals surface area contributed by atoms with Gasteiger partial charge in [0, 0.05) is 16.2 Å². The van der Waals surface area contributed by atoms with Crippen LogP contribution in [0.15, 0.2) is 21.5 Å². The van der Waals surface area contributed by atoms with Gasteiger partial charge in [0.15, 0.2) is 0 Å². The highest BCUT2D eigenvalue weighted by atomic mass is 79.9. The number of sulfonamides is 1. The lowest BCUT2D eigenvalue weighted by Crippen LogP contribution is -2.45. The summed E-state index contributed by atoms with van der Waals surface area (Å²) in [6.45, 7) is 0. The molecule has 1 aromatic carbocycles. The van der Waals surface area contributed by atoms with Gasteiger partial charge in [0.05, 0.1) is 13.2 Å². The van der Waals surface area contributed by atoms with Crippen LogP contribution in [0.4, 0.5) is 5.69 Å². The molecule has 8 heteroatoms. The predicted molar refractivity (Wildman–Crippen MR) is 83.7 cm³/mol. The highest BCUT2D eigenvalue weighted by Crippen LogP contribution is 2.33. The van der Waals surface area contributed by atoms with Crippen LogP contribution in [0.25, 0.3) is 0 Å². The zero-order valence-electron chi connectivity index (χ0n) is 11.7. The first kappa shape index (κ1) is 16.5. The van der Waals surface area contributed by atoms with Crippen LogP contribution in [0.1, 0.15) is 25.7 Å². The largest absolute Gasteiger partial charge is 0.495 e. The summed E-state index contributed by atoms with van der Waals surface area (Å²) in [6.07, 6.45) is 2.37. The SMILES string of the molecule is COc1cc(Br)c(N)cc1S(=O)(=O)N[C@@H]1CCCC[C@H]1O. The number of benzene rings is 1. The van der Waals surface area contributed by atoms with Crippen molar-refractivity contribution in [3.8, 4) is 5.75 Å². The van der Waals surface area contributed by atoms with E-state index in [-0.39, 0.29) is 10.6 Å². The van der Waals surface area contributed by atoms with Gasteiger partial charge in [-0.2, -0.15) is 0 Å². The zero-order valence-corrected chi connectivity index (χ0v) is 14.1. The average molecular weight is 379 g/mol. The summed E-state index contributed by atoms with van der Waals surface area (Å²) in [7, 11) is -2.42. The maximum Gasteiger partial charge on any atom is 0.244 e. The Hall–Kier alpha value is -0.830. The molecule has 4 N–H and O–H groups in total. The Morgan fingerprint density at radius 1 is 1.38 bits per heavy atom. The molecule has 0 aliphatic heterocycles. The molecule has 0 radical (unpaired) electrons. The Kier molecular flexibility index (Phi) is 5.13. The van der Waals surface area contributed by atoms with Gasteiger partial charge in [-0.1, -0.05) is 12.8 Å². The monoisotopic (exact) mass is 378 g/mol. The van der Waals surface area contributed by atoms with E-state index in [1.54, 1.807) is 0 Å². The van der Waals surface area contributed by atoms with Crippen LogP contribution in [0.2, 0.25) is 0 Å². The van der Waals surface area contributed by atoms with Gasteiger partial charge in [0.2, 0.25) is 10.0 Å². The number of methoxy groups -OCH3 is 1. The molecule has 0 unspecified atom stereocenters. The van der Waals surface area contributed by atoms with Crippen LogP contribution in [-0.4, -0.2) is 32.8 Å². The second-order valence-electron chi connectivity index (χ2n) is 5.10. The van der Waals surface area contributed by atoms with Crippen molar-refractivity contribution in [1.29, 1.82) is 0 Å². The van der Waals surface area contributed by atoms with Gasteiger partial charge in [-0.3, -0.25) is 0 Å². The maximum atomic E-state index is 12.5. The van der Waals surface area contributed by atoms with Crippen LogP contribution in [0, 0.1) is 0 Å². The first-order valence-corrected chi connectivity index (χ1v) is 8.96. The average Bonchev–Trinajstić information content (AvgIpc) is 2.43. The van der Waals surface area contributed by atoms with E-state index in [0.29, 0.717) is 23.0 Å². The Morgan fingerprint density at radius 3 is 2.67 bits per heavy atom. The van der Waals surface area contributed by atoms with Gasteiger partial charge in [-0.05, 0) is 40.9 Å². The lowest BCUT2D eigenvalue weighted by Gasteiger charge is -2.28. The van der Waals surface area contributed by atoms with Gasteiger partial charge in [-0.25, -0.2) is 13.1 Å². The minimum Gasteiger partial charge on any atom is -0.495 e. The van der Waals surface area contributed by atoms with E-state index in [1.807, 2.05) is 0 Å². The third-order valence-electron chi connectivity index (χ3n) is 3.61. The Morgan fingerprint density at radius 2 is 2.05 bits per heavy atom. The summed E-state index contributed by atoms with van der Waals surface area (Å²) < 4.78 is 33.3. The predicted octanol–water partition coefficient (Wildman–Crippen LogP) is 1.62. The number of ether oxygens (including phenoxy) is 1. The molecule has 118 valence electrons. The van der Waals surface area contributed by atoms with E-state index in [4.69, 9.17) is 10.5 Å². The van der Waals surface area contributed by atoms with Crippen molar-refractivity contribution in [2.24, 2.45) is 0 Å². The van der Waals surface area contributed by atoms with Gasteiger partial charge < -0.3 is 15.6 Å². The molecule has 1 aromatic rings. The van der Waals surface area contributed by atoms with Gasteiger partial charge in [0.25, 0.3) is 0 Å². The summed E-state index contributed by atoms with van der Waals surface area (Å²) in [4.78, 5) is -0.0246. The molecule has 1 aliphatic carbocycles. The standard InChI is InChI=1S/C13H19BrN2O4S/c1-20-12-6-8(14)9(15)7-13(12)21(18,19)16-10-4-2-3-5-11(10)17/h6-7,10-11,16-17H,2-5,15H2,1H3/t10-,11-/m1/s1. The zero-order chi connectivity index (χ0) is 15.6. The quantitative estimate of drug-likeness (QED) is 0.690. The number of aliphatic hydroxyl groups is 1. The van der Waals surface area contributed by atoms with Crippen molar-refractivity contribution in [2.75, 3.05) is 12.8 Å². The van der Waals surface area contributed by atoms with Crippen molar-refractivity contribution in [1.82, 2.24) is 4.72 Å². The molecular formula is C13H19BrN2O4S. The molecule has 0 saturated heterocycles. The number of halogens is 1. The number of nitrogens with one attached hydrogen (secondary N) is 1. The molecular weight excluding hydrogens is 360 g/mol. The molecule has 0 aromatic heterocycles. The van der Waals surface area contributed by atoms with Gasteiger partial charge in [0.1, 0.15) is 10.6 Å². The minimum absolute atomic E-state index is 0.0246. The Bertz CT molecular complexity index is 621. The number of nitrogen functional groups attached to an aromatic ring is 1. The highest BCUT2D eigenvalue weighted by molar-refractivity contribution is 9.10. The van der Waals surface area contributed by atoms with Gasteiger partial charge in [-0.15, -0.1) is 0 Å². The normalized spacial score (nSPS) is 23.0. The molecule has 0 amide bonds. The molecule has 6 nitrogen and oxygen atoms in total. The second-order valence-corrected chi connectivity index (χ2v) is 7.64. The summed E-state index contributed by atoms with van der Waals surface area (Å²) in [5.41, 5.74) is 6.06. The van der Waals surface area contributed by atoms with Crippen molar-refractivity contribution in [3.05, 3.63) is 16.6 Å². The number of hydrogen-bond acceptors (Lipinski definition) is 5. The lowest BCUT2D eigenvalue weighted by molar-refractivity contribution is 0.101. The van der Waals surface area contributed by atoms with E-state index in [1.165, 1.54) is 19.2 Å². The molecule has 0 heterocycles. The molecule has 1 fully saturated rings. The van der Waals surface area contributed by atoms with Crippen LogP contribution in [0.3, 0.4) is 0 Å². The van der Waals surface area contributed by atoms with Gasteiger partial charge >= 0.3 is 0 Å². The fourth-order valence-corrected chi connectivity index (χ4v) is 4.24. The maximum absolute atomic E-state index is 12.5. The number of nitrogens with two attached hydrogens (primary N) is 1. The van der Waals surface area contributed by atoms with E-state index < -0.39 is 22.2 Å². The van der Waals surface area contributed by atoms with Crippen LogP contribution in [-0.2, 0) is 10.0 Å². The fourth-order valence-electron chi connectivity index (χ4n) is 2.43. The number of hydrogen-bond donors (Lipinski definition) is 3. The molecule has 1 saturated carbocycles. The topological polar surface area (TPSA) is 102 Å². The van der Waals surface area contributed by atoms with E-state index in [0.717, 1.165) is 12.8 Å². The molecule has 21 heavy (non-hydrogen) atoms. The lowest BCUT2D eigenvalue weighted by atomic mass is 9.93. The first-order valence-electron chi connectivity index (χ1n) is 6.68. The van der Waals surface area contributed by atoms with Crippen molar-refractivity contribution in [3.63, 3.8) is 0 Å². The number of anilines is 1. The minimum atomic E-state index is -3.81. The van der Waals surface area contributed by atoms with Crippen LogP contribution >= 0.6 is 15.9 Å². The third-order valence-corrected chi connectivity index (χ3v) is 5.81. The smallest absolute Gasteiger partial charge is 0.244 e. The van der Waals surface area contributed by atoms with E-state index in [2.05, 4.69) is 20.7 Å². The number of rotatable bonds is 4. The van der Waals surface area contributed by atoms with Crippen LogP contribution < -0.4 is 15.2 Å². The van der Waals surface area contributed by atoms with Crippen molar-refractivity contribution >= 4 is 31.6 Å². The molecule has 0 bridgehead atoms. The summed E-state index contributed by atoms with van der Waals surface area (Å²) in [6, 6.07) is 2.39. The highest BCUT2D eigenvalue weighted by Gasteiger charge is 2.30. The summed E-state index contributed by atoms with van der Waals surface area (Å²) in [5, 5.41) is 9.91. The van der Waals surface area contributed by atoms with Crippen LogP contribution in [0.5, 0.6) is 5.75 Å². The molecule has 2 atom stereocenters. The fraction of sp³-hybridized carbons (Fsp3) is 0.538. The third kappa shape index (κ3) is 3.68. The molecule has 1 aliphatic rings. The van der Waals surface area contributed by atoms with Crippen molar-refractivity contribution in [2.45, 2.75) is 42.7 Å². The summed E-state index contributed by atoms with van der Waals surface area (Å²) >= 11 is 3.24. The second kappa shape index (κ2) is 6.51. The molecule has 2 rings (SSSR count). The number of aliphatic hydroxyl groups excluding tert-OH is 1. The Balaban J connectivity index is 2.33. The first-order chi connectivity index (χ1) is 9.85. The van der Waals surface area contributed by atoms with E-state index >= 15 is 0 Å². The summed E-state index contributed by atoms with van der Waals surface area (Å²) in [5.74, 6) is 0.203. The van der Waals surface area contributed by atoms with E-state index in [9.17, 15) is 13.5 Å². The van der Waals surface area contributed by atoms with Crippen molar-refractivity contribution < 1.29 is 18.3 Å². The Labute approximate surface area is 132 Å². The molecule has 0 spiro atoms.